The Balaban J connectivity index is 3.17. The highest BCUT2D eigenvalue weighted by Gasteiger charge is 1.87. The summed E-state index contributed by atoms with van der Waals surface area (Å²) in [5.41, 5.74) is 0. The lowest BCUT2D eigenvalue weighted by Gasteiger charge is -1.84. The van der Waals surface area contributed by atoms with Gasteiger partial charge in [0.2, 0.25) is 0 Å². The van der Waals surface area contributed by atoms with Crippen molar-refractivity contribution < 1.29 is 4.57 Å². The minimum atomic E-state index is -1.26. The molecule has 0 amide bonds. The molecular weight excluding hydrogens is 222 g/mol. The van der Waals surface area contributed by atoms with Crippen LogP contribution in [0.4, 0.5) is 0 Å². The number of halogens is 1. The molecule has 0 aliphatic heterocycles. The first-order valence-corrected chi connectivity index (χ1v) is 5.34. The second kappa shape index (κ2) is 4.85. The molecule has 0 aliphatic carbocycles. The molecule has 3 heteroatoms. The second-order valence-corrected chi connectivity index (χ2v) is 5.21. The normalized spacial score (nSPS) is 13.3. The lowest BCUT2D eigenvalue weighted by Crippen LogP contribution is -1.66. The largest absolute Gasteiger partial charge is 0.326 e. The topological polar surface area (TPSA) is 17.1 Å². The van der Waals surface area contributed by atoms with Crippen LogP contribution >= 0.6 is 30.4 Å². The van der Waals surface area contributed by atoms with Crippen LogP contribution < -0.4 is 0 Å². The summed E-state index contributed by atoms with van der Waals surface area (Å²) in [6.45, 7) is 3.47. The maximum Gasteiger partial charge on any atom is 0.0890 e. The maximum atomic E-state index is 10.5. The summed E-state index contributed by atoms with van der Waals surface area (Å²) in [5, 5.41) is 0. The zero-order chi connectivity index (χ0) is 5.70. The zero-order valence-corrected chi connectivity index (χ0v) is 7.14. The fourth-order valence-electron chi connectivity index (χ4n) is 0.216. The van der Waals surface area contributed by atoms with E-state index >= 15 is 0 Å². The Bertz CT molecular complexity index is 81.8. The molecule has 7 heavy (non-hydrogen) atoms. The van der Waals surface area contributed by atoms with E-state index in [0.29, 0.717) is 6.16 Å². The first-order valence-electron chi connectivity index (χ1n) is 1.99. The van der Waals surface area contributed by atoms with Gasteiger partial charge in [-0.05, 0) is 0 Å². The average molecular weight is 230 g/mol. The maximum absolute atomic E-state index is 10.5. The summed E-state index contributed by atoms with van der Waals surface area (Å²) in [5.74, 6) is 0. The molecule has 0 saturated carbocycles. The van der Waals surface area contributed by atoms with Crippen molar-refractivity contribution in [1.82, 2.24) is 0 Å². The summed E-state index contributed by atoms with van der Waals surface area (Å²) in [6.07, 6.45) is 2.41. The Morgan fingerprint density at radius 3 is 2.57 bits per heavy atom. The van der Waals surface area contributed by atoms with Crippen LogP contribution in [0.2, 0.25) is 0 Å². The van der Waals surface area contributed by atoms with Gasteiger partial charge in [0, 0.05) is 6.16 Å². The Labute approximate surface area is 58.1 Å². The highest BCUT2D eigenvalue weighted by atomic mass is 127. The molecule has 0 aromatic heterocycles. The van der Waals surface area contributed by atoms with E-state index in [1.54, 1.807) is 6.08 Å². The molecule has 0 aromatic rings. The first kappa shape index (κ1) is 7.70. The third-order valence-corrected chi connectivity index (χ3v) is 4.12. The van der Waals surface area contributed by atoms with Gasteiger partial charge < -0.3 is 4.57 Å². The van der Waals surface area contributed by atoms with Gasteiger partial charge in [-0.3, -0.25) is 0 Å². The quantitative estimate of drug-likeness (QED) is 0.314. The lowest BCUT2D eigenvalue weighted by atomic mass is 10.8. The van der Waals surface area contributed by atoms with Crippen LogP contribution in [0.25, 0.3) is 0 Å². The number of allylic oxidation sites excluding steroid dienone is 1. The van der Waals surface area contributed by atoms with E-state index in [0.717, 1.165) is 4.17 Å². The van der Waals surface area contributed by atoms with Crippen molar-refractivity contribution in [3.63, 3.8) is 0 Å². The van der Waals surface area contributed by atoms with Crippen LogP contribution in [-0.4, -0.2) is 10.3 Å². The standard InChI is InChI=1S/C4H8IOP/c1-2-3-7(6)4-5/h2,7H,1,3-4H2. The van der Waals surface area contributed by atoms with Crippen molar-refractivity contribution in [3.05, 3.63) is 12.7 Å². The SMILES string of the molecule is C=CC[PH](=O)CI. The van der Waals surface area contributed by atoms with E-state index in [9.17, 15) is 4.57 Å². The summed E-state index contributed by atoms with van der Waals surface area (Å²) in [7, 11) is -1.26. The molecule has 1 atom stereocenters. The lowest BCUT2D eigenvalue weighted by molar-refractivity contribution is 0.592. The molecule has 0 N–H and O–H groups in total. The second-order valence-electron chi connectivity index (χ2n) is 1.17. The smallest absolute Gasteiger partial charge is 0.0890 e. The zero-order valence-electron chi connectivity index (χ0n) is 3.98. The van der Waals surface area contributed by atoms with Crippen molar-refractivity contribution in [2.24, 2.45) is 0 Å². The fraction of sp³-hybridized carbons (Fsp3) is 0.500. The number of hydrogen-bond donors (Lipinski definition) is 0. The van der Waals surface area contributed by atoms with Gasteiger partial charge in [0.15, 0.2) is 0 Å². The molecule has 0 bridgehead atoms. The predicted molar refractivity (Wildman–Crippen MR) is 43.0 cm³/mol. The summed E-state index contributed by atoms with van der Waals surface area (Å²) in [6, 6.07) is 0. The van der Waals surface area contributed by atoms with Crippen molar-refractivity contribution >= 4 is 30.4 Å². The van der Waals surface area contributed by atoms with E-state index < -0.39 is 7.80 Å². The van der Waals surface area contributed by atoms with Crippen molar-refractivity contribution in [2.75, 3.05) is 10.3 Å². The highest BCUT2D eigenvalue weighted by molar-refractivity contribution is 14.1. The average Bonchev–Trinajstić information content (AvgIpc) is 1.68. The number of alkyl halides is 1. The number of hydrogen-bond acceptors (Lipinski definition) is 1. The minimum Gasteiger partial charge on any atom is -0.326 e. The van der Waals surface area contributed by atoms with E-state index in [2.05, 4.69) is 29.2 Å². The third kappa shape index (κ3) is 4.56. The molecule has 0 fully saturated rings. The van der Waals surface area contributed by atoms with Crippen molar-refractivity contribution in [2.45, 2.75) is 0 Å². The van der Waals surface area contributed by atoms with E-state index in [1.807, 2.05) is 0 Å². The Hall–Kier alpha value is 0.700. The minimum absolute atomic E-state index is 0.702. The monoisotopic (exact) mass is 230 g/mol. The van der Waals surface area contributed by atoms with E-state index in [1.165, 1.54) is 0 Å². The van der Waals surface area contributed by atoms with Crippen LogP contribution in [0.15, 0.2) is 12.7 Å². The molecule has 0 rings (SSSR count). The molecule has 0 saturated heterocycles. The van der Waals surface area contributed by atoms with Crippen LogP contribution in [0, 0.1) is 0 Å². The van der Waals surface area contributed by atoms with Gasteiger partial charge in [-0.1, -0.05) is 28.7 Å². The van der Waals surface area contributed by atoms with Gasteiger partial charge in [0.25, 0.3) is 0 Å². The van der Waals surface area contributed by atoms with Gasteiger partial charge in [0.05, 0.1) is 12.0 Å². The summed E-state index contributed by atoms with van der Waals surface area (Å²) < 4.78 is 11.3. The van der Waals surface area contributed by atoms with Crippen LogP contribution in [0.5, 0.6) is 0 Å². The molecule has 0 radical (unpaired) electrons. The van der Waals surface area contributed by atoms with E-state index in [-0.39, 0.29) is 0 Å². The van der Waals surface area contributed by atoms with Gasteiger partial charge in [-0.25, -0.2) is 0 Å². The van der Waals surface area contributed by atoms with Crippen molar-refractivity contribution in [3.8, 4) is 0 Å². The van der Waals surface area contributed by atoms with Gasteiger partial charge in [0.1, 0.15) is 0 Å². The molecule has 0 aromatic carbocycles. The highest BCUT2D eigenvalue weighted by Crippen LogP contribution is 2.22. The Morgan fingerprint density at radius 2 is 2.43 bits per heavy atom. The van der Waals surface area contributed by atoms with Crippen LogP contribution in [-0.2, 0) is 4.57 Å². The summed E-state index contributed by atoms with van der Waals surface area (Å²) >= 11 is 2.12. The Kier molecular flexibility index (Phi) is 5.33. The first-order chi connectivity index (χ1) is 3.31. The van der Waals surface area contributed by atoms with Crippen LogP contribution in [0.3, 0.4) is 0 Å². The molecule has 0 spiro atoms. The Morgan fingerprint density at radius 1 is 1.86 bits per heavy atom. The summed E-state index contributed by atoms with van der Waals surface area (Å²) in [4.78, 5) is 0. The van der Waals surface area contributed by atoms with Gasteiger partial charge in [-0.2, -0.15) is 0 Å². The molecule has 1 unspecified atom stereocenters. The number of rotatable bonds is 3. The molecule has 0 aliphatic rings. The third-order valence-electron chi connectivity index (χ3n) is 0.521. The fourth-order valence-corrected chi connectivity index (χ4v) is 1.58. The molecule has 1 nitrogen and oxygen atoms in total. The van der Waals surface area contributed by atoms with Gasteiger partial charge >= 0.3 is 0 Å². The predicted octanol–water partition coefficient (Wildman–Crippen LogP) is 2.12. The van der Waals surface area contributed by atoms with Gasteiger partial charge in [-0.15, -0.1) is 6.58 Å². The molecular formula is C4H8IOP. The van der Waals surface area contributed by atoms with Crippen LogP contribution in [0.1, 0.15) is 0 Å². The molecule has 0 heterocycles. The van der Waals surface area contributed by atoms with Crippen molar-refractivity contribution in [1.29, 1.82) is 0 Å². The molecule has 42 valence electrons. The van der Waals surface area contributed by atoms with E-state index in [4.69, 9.17) is 0 Å².